The minimum atomic E-state index is -3.35. The zero-order chi connectivity index (χ0) is 14.0. The van der Waals surface area contributed by atoms with Crippen molar-refractivity contribution in [3.05, 3.63) is 16.5 Å². The van der Waals surface area contributed by atoms with Crippen molar-refractivity contribution >= 4 is 21.4 Å². The lowest BCUT2D eigenvalue weighted by Gasteiger charge is -2.11. The average Bonchev–Trinajstić information content (AvgIpc) is 3.11. The van der Waals surface area contributed by atoms with E-state index in [1.54, 1.807) is 6.07 Å². The minimum absolute atomic E-state index is 0.0459. The van der Waals surface area contributed by atoms with Gasteiger partial charge < -0.3 is 5.32 Å². The zero-order valence-corrected chi connectivity index (χ0v) is 13.3. The third kappa shape index (κ3) is 3.78. The number of sulfonamides is 1. The molecule has 0 spiro atoms. The Morgan fingerprint density at radius 2 is 2.16 bits per heavy atom. The van der Waals surface area contributed by atoms with Gasteiger partial charge in [-0.3, -0.25) is 0 Å². The Kier molecular flexibility index (Phi) is 4.66. The van der Waals surface area contributed by atoms with Crippen LogP contribution in [0.15, 0.2) is 10.3 Å². The molecule has 108 valence electrons. The van der Waals surface area contributed by atoms with Crippen molar-refractivity contribution in [2.24, 2.45) is 5.92 Å². The van der Waals surface area contributed by atoms with Crippen LogP contribution in [0.5, 0.6) is 0 Å². The number of aryl methyl sites for hydroxylation is 1. The van der Waals surface area contributed by atoms with E-state index < -0.39 is 10.0 Å². The standard InChI is InChI=1S/C13H22N2O2S2/c1-4-14-8-12-9(2)7-13(18-12)19(16,17)15-10(3)11-5-6-11/h7,10-11,14-15H,4-6,8H2,1-3H3. The van der Waals surface area contributed by atoms with Gasteiger partial charge in [0.1, 0.15) is 4.21 Å². The van der Waals surface area contributed by atoms with Crippen LogP contribution in [0.3, 0.4) is 0 Å². The Hall–Kier alpha value is -0.430. The second-order valence-electron chi connectivity index (χ2n) is 5.20. The molecule has 0 aromatic carbocycles. The van der Waals surface area contributed by atoms with Crippen LogP contribution < -0.4 is 10.0 Å². The fourth-order valence-corrected chi connectivity index (χ4v) is 4.92. The number of nitrogens with one attached hydrogen (secondary N) is 2. The highest BCUT2D eigenvalue weighted by Gasteiger charge is 2.31. The van der Waals surface area contributed by atoms with Gasteiger partial charge in [0.05, 0.1) is 0 Å². The van der Waals surface area contributed by atoms with E-state index in [1.165, 1.54) is 11.3 Å². The van der Waals surface area contributed by atoms with Crippen molar-refractivity contribution in [3.8, 4) is 0 Å². The molecule has 1 saturated carbocycles. The highest BCUT2D eigenvalue weighted by Crippen LogP contribution is 2.33. The van der Waals surface area contributed by atoms with E-state index in [9.17, 15) is 8.42 Å². The van der Waals surface area contributed by atoms with E-state index in [0.29, 0.717) is 10.1 Å². The molecule has 1 atom stereocenters. The third-order valence-electron chi connectivity index (χ3n) is 3.47. The monoisotopic (exact) mass is 302 g/mol. The van der Waals surface area contributed by atoms with Gasteiger partial charge in [-0.05, 0) is 50.8 Å². The Morgan fingerprint density at radius 3 is 2.74 bits per heavy atom. The first-order valence-electron chi connectivity index (χ1n) is 6.76. The van der Waals surface area contributed by atoms with E-state index in [4.69, 9.17) is 0 Å². The van der Waals surface area contributed by atoms with Crippen molar-refractivity contribution in [2.45, 2.75) is 50.4 Å². The van der Waals surface area contributed by atoms with Gasteiger partial charge in [0.25, 0.3) is 0 Å². The highest BCUT2D eigenvalue weighted by molar-refractivity contribution is 7.91. The lowest BCUT2D eigenvalue weighted by molar-refractivity contribution is 0.539. The van der Waals surface area contributed by atoms with Gasteiger partial charge in [-0.1, -0.05) is 6.92 Å². The van der Waals surface area contributed by atoms with E-state index in [0.717, 1.165) is 36.4 Å². The molecule has 2 N–H and O–H groups in total. The Bertz CT molecular complexity index is 533. The highest BCUT2D eigenvalue weighted by atomic mass is 32.2. The summed E-state index contributed by atoms with van der Waals surface area (Å²) in [5.41, 5.74) is 1.05. The molecular weight excluding hydrogens is 280 g/mol. The van der Waals surface area contributed by atoms with Crippen LogP contribution in [0.4, 0.5) is 0 Å². The summed E-state index contributed by atoms with van der Waals surface area (Å²) in [5, 5.41) is 3.23. The predicted octanol–water partition coefficient (Wildman–Crippen LogP) is 2.24. The van der Waals surface area contributed by atoms with Gasteiger partial charge in [-0.2, -0.15) is 0 Å². The quantitative estimate of drug-likeness (QED) is 0.812. The molecule has 1 fully saturated rings. The molecule has 0 radical (unpaired) electrons. The van der Waals surface area contributed by atoms with Crippen molar-refractivity contribution in [2.75, 3.05) is 6.54 Å². The molecule has 1 aromatic rings. The van der Waals surface area contributed by atoms with Crippen molar-refractivity contribution < 1.29 is 8.42 Å². The number of rotatable bonds is 7. The smallest absolute Gasteiger partial charge is 0.250 e. The maximum Gasteiger partial charge on any atom is 0.250 e. The molecule has 0 amide bonds. The average molecular weight is 302 g/mol. The lowest BCUT2D eigenvalue weighted by Crippen LogP contribution is -2.33. The van der Waals surface area contributed by atoms with Crippen LogP contribution in [-0.2, 0) is 16.6 Å². The van der Waals surface area contributed by atoms with Crippen LogP contribution in [0.1, 0.15) is 37.1 Å². The molecule has 19 heavy (non-hydrogen) atoms. The number of hydrogen-bond donors (Lipinski definition) is 2. The number of thiophene rings is 1. The Morgan fingerprint density at radius 1 is 1.47 bits per heavy atom. The van der Waals surface area contributed by atoms with Gasteiger partial charge in [0, 0.05) is 17.5 Å². The summed E-state index contributed by atoms with van der Waals surface area (Å²) < 4.78 is 27.8. The van der Waals surface area contributed by atoms with E-state index >= 15 is 0 Å². The topological polar surface area (TPSA) is 58.2 Å². The molecule has 0 bridgehead atoms. The summed E-state index contributed by atoms with van der Waals surface area (Å²) in [6.45, 7) is 7.58. The van der Waals surface area contributed by atoms with Crippen LogP contribution in [0, 0.1) is 12.8 Å². The first-order chi connectivity index (χ1) is 8.94. The molecule has 6 heteroatoms. The van der Waals surface area contributed by atoms with Crippen LogP contribution >= 0.6 is 11.3 Å². The van der Waals surface area contributed by atoms with Gasteiger partial charge >= 0.3 is 0 Å². The van der Waals surface area contributed by atoms with Crippen LogP contribution in [0.2, 0.25) is 0 Å². The zero-order valence-electron chi connectivity index (χ0n) is 11.7. The fraction of sp³-hybridized carbons (Fsp3) is 0.692. The predicted molar refractivity (Wildman–Crippen MR) is 78.9 cm³/mol. The van der Waals surface area contributed by atoms with E-state index in [-0.39, 0.29) is 6.04 Å². The third-order valence-corrected chi connectivity index (χ3v) is 6.74. The molecule has 1 unspecified atom stereocenters. The van der Waals surface area contributed by atoms with Crippen LogP contribution in [-0.4, -0.2) is 21.0 Å². The lowest BCUT2D eigenvalue weighted by atomic mass is 10.2. The second kappa shape index (κ2) is 5.91. The molecule has 1 aliphatic rings. The van der Waals surface area contributed by atoms with E-state index in [2.05, 4.69) is 10.0 Å². The van der Waals surface area contributed by atoms with Gasteiger partial charge in [0.2, 0.25) is 10.0 Å². The fourth-order valence-electron chi connectivity index (χ4n) is 2.03. The number of hydrogen-bond acceptors (Lipinski definition) is 4. The first kappa shape index (κ1) is 15.0. The molecule has 1 aromatic heterocycles. The Labute approximate surface area is 119 Å². The maximum absolute atomic E-state index is 12.3. The summed E-state index contributed by atoms with van der Waals surface area (Å²) >= 11 is 1.37. The summed E-state index contributed by atoms with van der Waals surface area (Å²) in [4.78, 5) is 1.10. The van der Waals surface area contributed by atoms with Crippen molar-refractivity contribution in [3.63, 3.8) is 0 Å². The molecule has 1 aliphatic carbocycles. The van der Waals surface area contributed by atoms with Gasteiger partial charge in [-0.15, -0.1) is 11.3 Å². The SMILES string of the molecule is CCNCc1sc(S(=O)(=O)NC(C)C2CC2)cc1C. The minimum Gasteiger partial charge on any atom is -0.312 e. The van der Waals surface area contributed by atoms with Crippen LogP contribution in [0.25, 0.3) is 0 Å². The molecule has 0 aliphatic heterocycles. The summed E-state index contributed by atoms with van der Waals surface area (Å²) in [6.07, 6.45) is 2.28. The molecule has 0 saturated heterocycles. The Balaban J connectivity index is 2.11. The largest absolute Gasteiger partial charge is 0.312 e. The first-order valence-corrected chi connectivity index (χ1v) is 9.06. The van der Waals surface area contributed by atoms with Gasteiger partial charge in [0.15, 0.2) is 0 Å². The van der Waals surface area contributed by atoms with Crippen molar-refractivity contribution in [1.82, 2.24) is 10.0 Å². The molecular formula is C13H22N2O2S2. The molecule has 1 heterocycles. The summed E-state index contributed by atoms with van der Waals surface area (Å²) in [6, 6.07) is 1.82. The van der Waals surface area contributed by atoms with E-state index in [1.807, 2.05) is 20.8 Å². The second-order valence-corrected chi connectivity index (χ2v) is 8.28. The van der Waals surface area contributed by atoms with Crippen molar-refractivity contribution in [1.29, 1.82) is 0 Å². The maximum atomic E-state index is 12.3. The molecule has 4 nitrogen and oxygen atoms in total. The van der Waals surface area contributed by atoms with Gasteiger partial charge in [-0.25, -0.2) is 13.1 Å². The normalized spacial score (nSPS) is 17.6. The summed E-state index contributed by atoms with van der Waals surface area (Å²) in [5.74, 6) is 0.525. The molecule has 2 rings (SSSR count). The summed E-state index contributed by atoms with van der Waals surface area (Å²) in [7, 11) is -3.35.